The van der Waals surface area contributed by atoms with Crippen molar-refractivity contribution in [2.24, 2.45) is 0 Å². The van der Waals surface area contributed by atoms with Gasteiger partial charge in [0.25, 0.3) is 11.7 Å². The summed E-state index contributed by atoms with van der Waals surface area (Å²) in [5.41, 5.74) is 1.95. The molecule has 3 aromatic rings. The zero-order valence-corrected chi connectivity index (χ0v) is 20.1. The maximum atomic E-state index is 13.3. The minimum atomic E-state index is -0.980. The van der Waals surface area contributed by atoms with Gasteiger partial charge in [-0.15, -0.1) is 0 Å². The number of rotatable bonds is 6. The summed E-state index contributed by atoms with van der Waals surface area (Å²) in [6, 6.07) is 7.38. The summed E-state index contributed by atoms with van der Waals surface area (Å²) >= 11 is 0. The van der Waals surface area contributed by atoms with E-state index in [9.17, 15) is 19.5 Å². The molecule has 4 rings (SSSR count). The molecule has 1 aliphatic heterocycles. The summed E-state index contributed by atoms with van der Waals surface area (Å²) in [5, 5.41) is 18.1. The topological polar surface area (TPSA) is 138 Å². The van der Waals surface area contributed by atoms with Gasteiger partial charge in [0.2, 0.25) is 0 Å². The summed E-state index contributed by atoms with van der Waals surface area (Å²) in [6.07, 6.45) is 0. The highest BCUT2D eigenvalue weighted by Crippen LogP contribution is 2.43. The molecule has 0 bridgehead atoms. The van der Waals surface area contributed by atoms with Gasteiger partial charge < -0.3 is 24.7 Å². The number of carbonyl (C=O) groups is 3. The molecule has 3 N–H and O–H groups in total. The molecule has 182 valence electrons. The molecule has 2 aromatic heterocycles. The van der Waals surface area contributed by atoms with Crippen LogP contribution in [0.1, 0.15) is 51.6 Å². The van der Waals surface area contributed by atoms with Crippen molar-refractivity contribution >= 4 is 29.2 Å². The number of nitrogens with zero attached hydrogens (tertiary/aromatic N) is 2. The molecule has 3 heterocycles. The van der Waals surface area contributed by atoms with Crippen molar-refractivity contribution in [1.29, 1.82) is 0 Å². The largest absolute Gasteiger partial charge is 0.507 e. The summed E-state index contributed by atoms with van der Waals surface area (Å²) in [6.45, 7) is 7.25. The number of H-pyrrole nitrogens is 1. The second kappa shape index (κ2) is 9.13. The number of nitrogens with one attached hydrogen (secondary N) is 2. The molecule has 0 spiro atoms. The summed E-state index contributed by atoms with van der Waals surface area (Å²) in [4.78, 5) is 43.2. The SMILES string of the molecule is CCNC(=O)c1[nH]c(C)c(/C(O)=C2\C(=O)C(=O)N(c3cc(C)on3)C2c2ccc(OC)cc2)c1C. The van der Waals surface area contributed by atoms with Gasteiger partial charge >= 0.3 is 5.91 Å². The number of hydrogen-bond donors (Lipinski definition) is 3. The fraction of sp³-hybridized carbons (Fsp3) is 0.280. The molecule has 0 saturated carbocycles. The summed E-state index contributed by atoms with van der Waals surface area (Å²) < 4.78 is 10.4. The van der Waals surface area contributed by atoms with Gasteiger partial charge in [0.1, 0.15) is 23.0 Å². The van der Waals surface area contributed by atoms with Crippen LogP contribution in [0, 0.1) is 20.8 Å². The first-order valence-electron chi connectivity index (χ1n) is 11.1. The van der Waals surface area contributed by atoms with Gasteiger partial charge in [0.05, 0.1) is 18.7 Å². The maximum Gasteiger partial charge on any atom is 0.301 e. The number of methoxy groups -OCH3 is 1. The molecule has 1 aliphatic rings. The lowest BCUT2D eigenvalue weighted by molar-refractivity contribution is -0.132. The van der Waals surface area contributed by atoms with E-state index in [0.717, 1.165) is 0 Å². The number of ether oxygens (including phenoxy) is 1. The molecule has 35 heavy (non-hydrogen) atoms. The summed E-state index contributed by atoms with van der Waals surface area (Å²) in [5.74, 6) is -1.24. The molecule has 1 saturated heterocycles. The Morgan fingerprint density at radius 1 is 1.23 bits per heavy atom. The fourth-order valence-corrected chi connectivity index (χ4v) is 4.35. The van der Waals surface area contributed by atoms with Gasteiger partial charge in [0.15, 0.2) is 5.82 Å². The highest BCUT2D eigenvalue weighted by molar-refractivity contribution is 6.51. The highest BCUT2D eigenvalue weighted by atomic mass is 16.5. The van der Waals surface area contributed by atoms with Crippen LogP contribution in [0.3, 0.4) is 0 Å². The Morgan fingerprint density at radius 3 is 2.49 bits per heavy atom. The molecule has 1 atom stereocenters. The number of aliphatic hydroxyl groups excluding tert-OH is 1. The number of ketones is 1. The molecule has 0 aliphatic carbocycles. The number of anilines is 1. The van der Waals surface area contributed by atoms with Crippen molar-refractivity contribution in [2.45, 2.75) is 33.7 Å². The monoisotopic (exact) mass is 478 g/mol. The van der Waals surface area contributed by atoms with E-state index >= 15 is 0 Å². The zero-order valence-electron chi connectivity index (χ0n) is 20.1. The third-order valence-corrected chi connectivity index (χ3v) is 5.98. The number of carbonyl (C=O) groups excluding carboxylic acids is 3. The van der Waals surface area contributed by atoms with E-state index in [2.05, 4.69) is 15.5 Å². The minimum absolute atomic E-state index is 0.117. The van der Waals surface area contributed by atoms with Gasteiger partial charge in [-0.2, -0.15) is 0 Å². The van der Waals surface area contributed by atoms with E-state index in [0.29, 0.717) is 40.4 Å². The van der Waals surface area contributed by atoms with Crippen molar-refractivity contribution in [1.82, 2.24) is 15.5 Å². The number of aromatic nitrogens is 2. The minimum Gasteiger partial charge on any atom is -0.507 e. The standard InChI is InChI=1S/C25H26N4O6/c1-6-26-24(32)20-13(3)18(14(4)27-20)22(30)19-21(15-7-9-16(34-5)10-8-15)29(25(33)23(19)31)17-11-12(2)35-28-17/h7-11,21,27,30H,6H2,1-5H3,(H,26,32)/b22-19+. The molecular formula is C25H26N4O6. The van der Waals surface area contributed by atoms with Gasteiger partial charge in [-0.3, -0.25) is 19.3 Å². The molecule has 10 nitrogen and oxygen atoms in total. The second-order valence-corrected chi connectivity index (χ2v) is 8.22. The van der Waals surface area contributed by atoms with E-state index in [1.807, 2.05) is 0 Å². The third-order valence-electron chi connectivity index (χ3n) is 5.98. The zero-order chi connectivity index (χ0) is 25.4. The Balaban J connectivity index is 1.94. The van der Waals surface area contributed by atoms with E-state index in [4.69, 9.17) is 9.26 Å². The lowest BCUT2D eigenvalue weighted by Crippen LogP contribution is -2.29. The molecule has 1 unspecified atom stereocenters. The quantitative estimate of drug-likeness (QED) is 0.281. The first-order chi connectivity index (χ1) is 16.7. The molecular weight excluding hydrogens is 452 g/mol. The van der Waals surface area contributed by atoms with Crippen LogP contribution in [0.4, 0.5) is 5.82 Å². The smallest absolute Gasteiger partial charge is 0.301 e. The molecule has 1 fully saturated rings. The van der Waals surface area contributed by atoms with Crippen molar-refractivity contribution < 1.29 is 28.8 Å². The average molecular weight is 479 g/mol. The van der Waals surface area contributed by atoms with Crippen LogP contribution in [0.15, 0.2) is 40.4 Å². The van der Waals surface area contributed by atoms with Crippen molar-refractivity contribution in [3.8, 4) is 5.75 Å². The van der Waals surface area contributed by atoms with E-state index in [1.165, 1.54) is 12.0 Å². The first-order valence-corrected chi connectivity index (χ1v) is 11.1. The number of benzene rings is 1. The van der Waals surface area contributed by atoms with Crippen LogP contribution >= 0.6 is 0 Å². The number of amides is 2. The molecule has 1 aromatic carbocycles. The first kappa shape index (κ1) is 23.8. The Kier molecular flexibility index (Phi) is 6.21. The normalized spacial score (nSPS) is 17.2. The van der Waals surface area contributed by atoms with Crippen LogP contribution in [-0.2, 0) is 9.59 Å². The predicted molar refractivity (Wildman–Crippen MR) is 127 cm³/mol. The van der Waals surface area contributed by atoms with Crippen LogP contribution < -0.4 is 15.0 Å². The van der Waals surface area contributed by atoms with E-state index in [1.54, 1.807) is 58.0 Å². The maximum absolute atomic E-state index is 13.3. The molecule has 10 heteroatoms. The number of aliphatic hydroxyl groups is 1. The fourth-order valence-electron chi connectivity index (χ4n) is 4.35. The second-order valence-electron chi connectivity index (χ2n) is 8.22. The molecule has 0 radical (unpaired) electrons. The number of aryl methyl sites for hydroxylation is 2. The Bertz CT molecular complexity index is 1350. The Labute approximate surface area is 201 Å². The summed E-state index contributed by atoms with van der Waals surface area (Å²) in [7, 11) is 1.53. The van der Waals surface area contributed by atoms with Crippen LogP contribution in [-0.4, -0.2) is 46.5 Å². The van der Waals surface area contributed by atoms with Crippen molar-refractivity contribution in [3.05, 3.63) is 69.7 Å². The predicted octanol–water partition coefficient (Wildman–Crippen LogP) is 3.31. The number of aromatic amines is 1. The van der Waals surface area contributed by atoms with Gasteiger partial charge in [0, 0.05) is 23.9 Å². The highest BCUT2D eigenvalue weighted by Gasteiger charge is 2.48. The van der Waals surface area contributed by atoms with Gasteiger partial charge in [-0.25, -0.2) is 0 Å². The average Bonchev–Trinajstić information content (AvgIpc) is 3.47. The molecule has 2 amide bonds. The van der Waals surface area contributed by atoms with Gasteiger partial charge in [-0.1, -0.05) is 17.3 Å². The Morgan fingerprint density at radius 2 is 1.91 bits per heavy atom. The van der Waals surface area contributed by atoms with Gasteiger partial charge in [-0.05, 0) is 51.0 Å². The Hall–Kier alpha value is -4.34. The van der Waals surface area contributed by atoms with Crippen LogP contribution in [0.2, 0.25) is 0 Å². The van der Waals surface area contributed by atoms with E-state index in [-0.39, 0.29) is 28.8 Å². The number of Topliss-reactive ketones (excluding diaryl/α,β-unsaturated/α-hetero) is 1. The third kappa shape index (κ3) is 3.96. The van der Waals surface area contributed by atoms with Crippen LogP contribution in [0.25, 0.3) is 5.76 Å². The lowest BCUT2D eigenvalue weighted by Gasteiger charge is -2.23. The van der Waals surface area contributed by atoms with Crippen molar-refractivity contribution in [2.75, 3.05) is 18.6 Å². The van der Waals surface area contributed by atoms with Crippen LogP contribution in [0.5, 0.6) is 5.75 Å². The lowest BCUT2D eigenvalue weighted by atomic mass is 9.94. The van der Waals surface area contributed by atoms with Crippen molar-refractivity contribution in [3.63, 3.8) is 0 Å². The number of hydrogen-bond acceptors (Lipinski definition) is 7. The van der Waals surface area contributed by atoms with E-state index < -0.39 is 17.7 Å².